The molecule has 4 rings (SSSR count). The fraction of sp³-hybridized carbons (Fsp3) is 0.217. The van der Waals surface area contributed by atoms with Crippen LogP contribution in [0.2, 0.25) is 0 Å². The molecule has 2 heterocycles. The monoisotopic (exact) mass is 472 g/mol. The van der Waals surface area contributed by atoms with Gasteiger partial charge < -0.3 is 19.9 Å². The third-order valence-electron chi connectivity index (χ3n) is 5.06. The van der Waals surface area contributed by atoms with E-state index in [0.29, 0.717) is 24.1 Å². The molecule has 176 valence electrons. The zero-order valence-corrected chi connectivity index (χ0v) is 17.6. The van der Waals surface area contributed by atoms with Crippen LogP contribution >= 0.6 is 0 Å². The van der Waals surface area contributed by atoms with Crippen molar-refractivity contribution in [2.24, 2.45) is 5.73 Å². The zero-order valence-electron chi connectivity index (χ0n) is 17.6. The summed E-state index contributed by atoms with van der Waals surface area (Å²) in [4.78, 5) is 16.0. The molecule has 0 fully saturated rings. The van der Waals surface area contributed by atoms with Crippen LogP contribution in [0, 0.1) is 0 Å². The maximum absolute atomic E-state index is 13.9. The lowest BCUT2D eigenvalue weighted by Crippen LogP contribution is -2.13. The van der Waals surface area contributed by atoms with E-state index in [0.717, 1.165) is 0 Å². The maximum atomic E-state index is 13.9. The molecule has 4 aromatic rings. The minimum absolute atomic E-state index is 0.00344. The molecule has 0 aliphatic carbocycles. The smallest absolute Gasteiger partial charge is 0.381 e. The Morgan fingerprint density at radius 3 is 2.35 bits per heavy atom. The number of aromatic nitrogens is 3. The largest absolute Gasteiger partial charge is 0.422 e. The van der Waals surface area contributed by atoms with E-state index >= 15 is 0 Å². The summed E-state index contributed by atoms with van der Waals surface area (Å²) in [5.41, 5.74) is 4.85. The number of Topliss-reactive ketones (excluding diaryl/α,β-unsaturated/α-hetero) is 1. The van der Waals surface area contributed by atoms with Gasteiger partial charge in [0, 0.05) is 17.5 Å². The van der Waals surface area contributed by atoms with Crippen LogP contribution in [0.4, 0.5) is 13.2 Å². The second kappa shape index (κ2) is 9.57. The predicted octanol–water partition coefficient (Wildman–Crippen LogP) is 4.42. The van der Waals surface area contributed by atoms with Gasteiger partial charge in [0.2, 0.25) is 11.6 Å². The Kier molecular flexibility index (Phi) is 6.57. The van der Waals surface area contributed by atoms with Gasteiger partial charge in [-0.1, -0.05) is 64.9 Å². The molecule has 34 heavy (non-hydrogen) atoms. The summed E-state index contributed by atoms with van der Waals surface area (Å²) in [6.07, 6.45) is -5.48. The number of nitrogens with two attached hydrogens (primary N) is 1. The quantitative estimate of drug-likeness (QED) is 0.386. The average molecular weight is 472 g/mol. The van der Waals surface area contributed by atoms with Crippen molar-refractivity contribution in [1.29, 1.82) is 0 Å². The Balaban J connectivity index is 1.62. The second-order valence-electron chi connectivity index (χ2n) is 7.41. The Bertz CT molecular complexity index is 1270. The molecule has 0 spiro atoms. The Hall–Kier alpha value is -3.83. The molecule has 2 aromatic carbocycles. The zero-order chi connectivity index (χ0) is 24.3. The summed E-state index contributed by atoms with van der Waals surface area (Å²) in [5.74, 6) is -1.55. The van der Waals surface area contributed by atoms with Crippen molar-refractivity contribution < 1.29 is 32.1 Å². The van der Waals surface area contributed by atoms with Crippen LogP contribution in [0.15, 0.2) is 63.6 Å². The van der Waals surface area contributed by atoms with Gasteiger partial charge in [-0.15, -0.1) is 0 Å². The van der Waals surface area contributed by atoms with Crippen LogP contribution < -0.4 is 5.73 Å². The first-order valence-corrected chi connectivity index (χ1v) is 10.3. The fourth-order valence-corrected chi connectivity index (χ4v) is 3.34. The number of aliphatic hydroxyl groups excluding tert-OH is 1. The number of ketones is 1. The van der Waals surface area contributed by atoms with Crippen LogP contribution in [0.25, 0.3) is 34.3 Å². The third-order valence-corrected chi connectivity index (χ3v) is 5.06. The van der Waals surface area contributed by atoms with Gasteiger partial charge >= 0.3 is 6.18 Å². The van der Waals surface area contributed by atoms with Gasteiger partial charge in [-0.2, -0.15) is 18.2 Å². The third kappa shape index (κ3) is 4.75. The van der Waals surface area contributed by atoms with Crippen molar-refractivity contribution in [2.75, 3.05) is 6.54 Å². The number of carbonyl (C=O) groups is 1. The average Bonchev–Trinajstić information content (AvgIpc) is 3.50. The van der Waals surface area contributed by atoms with E-state index in [9.17, 15) is 23.1 Å². The minimum atomic E-state index is -4.79. The SMILES string of the molecule is NCCCC(=O)C(O)c1ccc(-c2noc(-c3onc(-c4ccccc4)c3C(F)(F)F)n2)cc1. The lowest BCUT2D eigenvalue weighted by Gasteiger charge is -2.09. The molecule has 0 saturated heterocycles. The van der Waals surface area contributed by atoms with Crippen LogP contribution in [0.1, 0.15) is 30.1 Å². The molecule has 0 saturated carbocycles. The molecular weight excluding hydrogens is 453 g/mol. The van der Waals surface area contributed by atoms with Gasteiger partial charge in [-0.3, -0.25) is 4.79 Å². The van der Waals surface area contributed by atoms with Crippen LogP contribution in [0.3, 0.4) is 0 Å². The number of aliphatic hydroxyl groups is 1. The number of hydrogen-bond donors (Lipinski definition) is 2. The second-order valence-corrected chi connectivity index (χ2v) is 7.41. The van der Waals surface area contributed by atoms with E-state index < -0.39 is 29.5 Å². The normalized spacial score (nSPS) is 12.6. The molecule has 11 heteroatoms. The van der Waals surface area contributed by atoms with Gasteiger partial charge in [-0.25, -0.2) is 0 Å². The summed E-state index contributed by atoms with van der Waals surface area (Å²) in [7, 11) is 0. The van der Waals surface area contributed by atoms with Crippen molar-refractivity contribution in [3.8, 4) is 34.3 Å². The standard InChI is InChI=1S/C23H19F3N4O4/c24-23(25,26)17-18(13-5-2-1-3-6-13)29-33-20(17)22-28-21(30-34-22)15-10-8-14(9-11-15)19(32)16(31)7-4-12-27/h1-3,5-6,8-11,19,32H,4,7,12,27H2. The molecule has 2 aromatic heterocycles. The maximum Gasteiger partial charge on any atom is 0.422 e. The molecule has 0 amide bonds. The first-order chi connectivity index (χ1) is 16.3. The van der Waals surface area contributed by atoms with Crippen molar-refractivity contribution >= 4 is 5.78 Å². The highest BCUT2D eigenvalue weighted by atomic mass is 19.4. The molecule has 0 aliphatic rings. The number of rotatable bonds is 8. The number of alkyl halides is 3. The molecule has 1 unspecified atom stereocenters. The van der Waals surface area contributed by atoms with E-state index in [1.165, 1.54) is 36.4 Å². The Morgan fingerprint density at radius 1 is 1.00 bits per heavy atom. The van der Waals surface area contributed by atoms with Crippen molar-refractivity contribution in [1.82, 2.24) is 15.3 Å². The number of hydrogen-bond acceptors (Lipinski definition) is 8. The highest BCUT2D eigenvalue weighted by molar-refractivity contribution is 5.84. The first kappa shape index (κ1) is 23.3. The van der Waals surface area contributed by atoms with Crippen LogP contribution in [-0.2, 0) is 11.0 Å². The van der Waals surface area contributed by atoms with Gasteiger partial charge in [-0.05, 0) is 18.5 Å². The Labute approximate surface area is 191 Å². The summed E-state index contributed by atoms with van der Waals surface area (Å²) in [5, 5.41) is 17.5. The predicted molar refractivity (Wildman–Crippen MR) is 114 cm³/mol. The van der Waals surface area contributed by atoms with E-state index in [2.05, 4.69) is 15.3 Å². The molecule has 1 atom stereocenters. The highest BCUT2D eigenvalue weighted by Crippen LogP contribution is 2.43. The molecule has 8 nitrogen and oxygen atoms in total. The molecular formula is C23H19F3N4O4. The van der Waals surface area contributed by atoms with Gasteiger partial charge in [0.15, 0.2) is 5.78 Å². The van der Waals surface area contributed by atoms with E-state index in [4.69, 9.17) is 14.8 Å². The topological polar surface area (TPSA) is 128 Å². The van der Waals surface area contributed by atoms with Crippen molar-refractivity contribution in [2.45, 2.75) is 25.1 Å². The number of benzene rings is 2. The first-order valence-electron chi connectivity index (χ1n) is 10.3. The molecule has 0 radical (unpaired) electrons. The lowest BCUT2D eigenvalue weighted by atomic mass is 10.0. The number of nitrogens with zero attached hydrogens (tertiary/aromatic N) is 3. The van der Waals surface area contributed by atoms with E-state index in [1.807, 2.05) is 0 Å². The van der Waals surface area contributed by atoms with E-state index in [-0.39, 0.29) is 29.3 Å². The summed E-state index contributed by atoms with van der Waals surface area (Å²) in [6, 6.07) is 13.8. The Morgan fingerprint density at radius 2 is 1.71 bits per heavy atom. The number of halogens is 3. The summed E-state index contributed by atoms with van der Waals surface area (Å²) < 4.78 is 51.6. The minimum Gasteiger partial charge on any atom is -0.381 e. The van der Waals surface area contributed by atoms with Gasteiger partial charge in [0.05, 0.1) is 0 Å². The molecule has 0 bridgehead atoms. The molecule has 3 N–H and O–H groups in total. The summed E-state index contributed by atoms with van der Waals surface area (Å²) >= 11 is 0. The number of carbonyl (C=O) groups excluding carboxylic acids is 1. The van der Waals surface area contributed by atoms with Crippen LogP contribution in [-0.4, -0.2) is 32.7 Å². The van der Waals surface area contributed by atoms with Crippen molar-refractivity contribution in [3.05, 3.63) is 65.7 Å². The van der Waals surface area contributed by atoms with Gasteiger partial charge in [0.25, 0.3) is 5.89 Å². The van der Waals surface area contributed by atoms with Gasteiger partial charge in [0.1, 0.15) is 17.4 Å². The lowest BCUT2D eigenvalue weighted by molar-refractivity contribution is -0.137. The summed E-state index contributed by atoms with van der Waals surface area (Å²) in [6.45, 7) is 0.339. The highest BCUT2D eigenvalue weighted by Gasteiger charge is 2.42. The van der Waals surface area contributed by atoms with Crippen molar-refractivity contribution in [3.63, 3.8) is 0 Å². The molecule has 0 aliphatic heterocycles. The van der Waals surface area contributed by atoms with E-state index in [1.54, 1.807) is 18.2 Å². The fourth-order valence-electron chi connectivity index (χ4n) is 3.34. The van der Waals surface area contributed by atoms with Crippen LogP contribution in [0.5, 0.6) is 0 Å².